The molecule has 126 valence electrons. The summed E-state index contributed by atoms with van der Waals surface area (Å²) in [5, 5.41) is 11.4. The summed E-state index contributed by atoms with van der Waals surface area (Å²) in [4.78, 5) is 22.9. The van der Waals surface area contributed by atoms with Crippen LogP contribution < -0.4 is 5.32 Å². The van der Waals surface area contributed by atoms with Crippen LogP contribution in [-0.4, -0.2) is 17.2 Å². The molecule has 24 heavy (non-hydrogen) atoms. The molecule has 0 unspecified atom stereocenters. The Hall–Kier alpha value is -2.89. The number of amides is 1. The second-order valence-corrected chi connectivity index (χ2v) is 5.38. The fourth-order valence-corrected chi connectivity index (χ4v) is 2.24. The SMILES string of the molecule is Cc1ccc([C@H](CC(=O)O)NC(=O)OCc2ccccc2)c(F)c1. The van der Waals surface area contributed by atoms with Crippen molar-refractivity contribution >= 4 is 12.1 Å². The number of rotatable bonds is 6. The molecule has 0 radical (unpaired) electrons. The molecular formula is C18H18FNO4. The van der Waals surface area contributed by atoms with Crippen molar-refractivity contribution in [2.45, 2.75) is 26.0 Å². The molecule has 0 heterocycles. The predicted octanol–water partition coefficient (Wildman–Crippen LogP) is 3.58. The first-order chi connectivity index (χ1) is 11.5. The minimum absolute atomic E-state index is 0.0445. The van der Waals surface area contributed by atoms with Crippen LogP contribution in [0.4, 0.5) is 9.18 Å². The van der Waals surface area contributed by atoms with Crippen molar-refractivity contribution in [1.29, 1.82) is 0 Å². The van der Waals surface area contributed by atoms with Crippen molar-refractivity contribution < 1.29 is 23.8 Å². The summed E-state index contributed by atoms with van der Waals surface area (Å²) in [6.45, 7) is 1.77. The van der Waals surface area contributed by atoms with E-state index in [0.717, 1.165) is 5.56 Å². The van der Waals surface area contributed by atoms with E-state index in [9.17, 15) is 14.0 Å². The highest BCUT2D eigenvalue weighted by molar-refractivity contribution is 5.72. The van der Waals surface area contributed by atoms with Crippen LogP contribution in [0.25, 0.3) is 0 Å². The summed E-state index contributed by atoms with van der Waals surface area (Å²) in [6, 6.07) is 12.5. The molecule has 1 atom stereocenters. The fraction of sp³-hybridized carbons (Fsp3) is 0.222. The molecule has 0 aliphatic rings. The maximum absolute atomic E-state index is 14.1. The second kappa shape index (κ2) is 8.10. The molecule has 0 saturated carbocycles. The maximum atomic E-state index is 14.1. The van der Waals surface area contributed by atoms with Gasteiger partial charge in [0.25, 0.3) is 0 Å². The first-order valence-corrected chi connectivity index (χ1v) is 7.41. The summed E-state index contributed by atoms with van der Waals surface area (Å²) in [7, 11) is 0. The molecule has 1 amide bonds. The zero-order valence-corrected chi connectivity index (χ0v) is 13.2. The van der Waals surface area contributed by atoms with E-state index in [1.165, 1.54) is 12.1 Å². The van der Waals surface area contributed by atoms with E-state index in [4.69, 9.17) is 9.84 Å². The van der Waals surface area contributed by atoms with E-state index >= 15 is 0 Å². The van der Waals surface area contributed by atoms with Gasteiger partial charge in [-0.05, 0) is 24.1 Å². The maximum Gasteiger partial charge on any atom is 0.407 e. The van der Waals surface area contributed by atoms with E-state index in [0.29, 0.717) is 5.56 Å². The van der Waals surface area contributed by atoms with Crippen molar-refractivity contribution in [3.63, 3.8) is 0 Å². The van der Waals surface area contributed by atoms with Gasteiger partial charge in [-0.25, -0.2) is 9.18 Å². The Bertz CT molecular complexity index is 718. The summed E-state index contributed by atoms with van der Waals surface area (Å²) in [5.41, 5.74) is 1.61. The molecule has 0 aliphatic heterocycles. The summed E-state index contributed by atoms with van der Waals surface area (Å²) in [6.07, 6.45) is -1.24. The lowest BCUT2D eigenvalue weighted by atomic mass is 10.0. The average molecular weight is 331 g/mol. The van der Waals surface area contributed by atoms with Crippen LogP contribution in [-0.2, 0) is 16.1 Å². The predicted molar refractivity (Wildman–Crippen MR) is 85.9 cm³/mol. The minimum atomic E-state index is -1.15. The average Bonchev–Trinajstić information content (AvgIpc) is 2.53. The molecule has 2 N–H and O–H groups in total. The van der Waals surface area contributed by atoms with Crippen molar-refractivity contribution in [1.82, 2.24) is 5.32 Å². The number of hydrogen-bond acceptors (Lipinski definition) is 3. The Morgan fingerprint density at radius 3 is 2.54 bits per heavy atom. The first kappa shape index (κ1) is 17.5. The van der Waals surface area contributed by atoms with Crippen LogP contribution >= 0.6 is 0 Å². The van der Waals surface area contributed by atoms with E-state index in [2.05, 4.69) is 5.32 Å². The van der Waals surface area contributed by atoms with Gasteiger partial charge in [-0.3, -0.25) is 4.79 Å². The van der Waals surface area contributed by atoms with Crippen molar-refractivity contribution in [2.75, 3.05) is 0 Å². The van der Waals surface area contributed by atoms with Crippen LogP contribution in [0.1, 0.15) is 29.2 Å². The number of carboxylic acid groups (broad SMARTS) is 1. The molecule has 0 saturated heterocycles. The van der Waals surface area contributed by atoms with Gasteiger partial charge in [-0.1, -0.05) is 42.5 Å². The quantitative estimate of drug-likeness (QED) is 0.848. The number of carbonyl (C=O) groups excluding carboxylic acids is 1. The van der Waals surface area contributed by atoms with Crippen molar-refractivity contribution in [2.24, 2.45) is 0 Å². The zero-order valence-electron chi connectivity index (χ0n) is 13.2. The normalized spacial score (nSPS) is 11.6. The Balaban J connectivity index is 2.05. The van der Waals surface area contributed by atoms with Crippen LogP contribution in [0.2, 0.25) is 0 Å². The lowest BCUT2D eigenvalue weighted by Gasteiger charge is -2.18. The number of carboxylic acids is 1. The summed E-state index contributed by atoms with van der Waals surface area (Å²) >= 11 is 0. The third-order valence-electron chi connectivity index (χ3n) is 3.41. The van der Waals surface area contributed by atoms with Crippen LogP contribution in [0.15, 0.2) is 48.5 Å². The largest absolute Gasteiger partial charge is 0.481 e. The molecule has 0 aromatic heterocycles. The number of carbonyl (C=O) groups is 2. The molecule has 2 aromatic carbocycles. The van der Waals surface area contributed by atoms with Gasteiger partial charge in [-0.15, -0.1) is 0 Å². The number of ether oxygens (including phenoxy) is 1. The lowest BCUT2D eigenvalue weighted by Crippen LogP contribution is -2.31. The molecular weight excluding hydrogens is 313 g/mol. The van der Waals surface area contributed by atoms with E-state index in [1.54, 1.807) is 25.1 Å². The van der Waals surface area contributed by atoms with Gasteiger partial charge in [0, 0.05) is 5.56 Å². The fourth-order valence-electron chi connectivity index (χ4n) is 2.24. The number of aryl methyl sites for hydroxylation is 1. The first-order valence-electron chi connectivity index (χ1n) is 7.41. The van der Waals surface area contributed by atoms with E-state index < -0.39 is 30.3 Å². The molecule has 5 nitrogen and oxygen atoms in total. The highest BCUT2D eigenvalue weighted by Crippen LogP contribution is 2.21. The Kier molecular flexibility index (Phi) is 5.89. The van der Waals surface area contributed by atoms with E-state index in [-0.39, 0.29) is 12.2 Å². The highest BCUT2D eigenvalue weighted by Gasteiger charge is 2.22. The number of aliphatic carboxylic acids is 1. The third kappa shape index (κ3) is 5.08. The number of nitrogens with one attached hydrogen (secondary N) is 1. The molecule has 0 spiro atoms. The molecule has 2 aromatic rings. The number of halogens is 1. The van der Waals surface area contributed by atoms with Gasteiger partial charge in [-0.2, -0.15) is 0 Å². The monoisotopic (exact) mass is 331 g/mol. The standard InChI is InChI=1S/C18H18FNO4/c1-12-7-8-14(15(19)9-12)16(10-17(21)22)20-18(23)24-11-13-5-3-2-4-6-13/h2-9,16H,10-11H2,1H3,(H,20,23)(H,21,22)/t16-/m0/s1. The molecule has 6 heteroatoms. The van der Waals surface area contributed by atoms with Crippen LogP contribution in [0.3, 0.4) is 0 Å². The van der Waals surface area contributed by atoms with E-state index in [1.807, 2.05) is 18.2 Å². The third-order valence-corrected chi connectivity index (χ3v) is 3.41. The minimum Gasteiger partial charge on any atom is -0.481 e. The Morgan fingerprint density at radius 2 is 1.92 bits per heavy atom. The molecule has 0 fully saturated rings. The molecule has 0 aliphatic carbocycles. The Labute approximate surface area is 139 Å². The number of alkyl carbamates (subject to hydrolysis) is 1. The van der Waals surface area contributed by atoms with Gasteiger partial charge in [0.15, 0.2) is 0 Å². The van der Waals surface area contributed by atoms with Gasteiger partial charge >= 0.3 is 12.1 Å². The Morgan fingerprint density at radius 1 is 1.21 bits per heavy atom. The summed E-state index contributed by atoms with van der Waals surface area (Å²) < 4.78 is 19.1. The van der Waals surface area contributed by atoms with Gasteiger partial charge < -0.3 is 15.2 Å². The molecule has 2 rings (SSSR count). The number of hydrogen-bond donors (Lipinski definition) is 2. The van der Waals surface area contributed by atoms with Crippen molar-refractivity contribution in [3.8, 4) is 0 Å². The summed E-state index contributed by atoms with van der Waals surface area (Å²) in [5.74, 6) is -1.71. The van der Waals surface area contributed by atoms with Gasteiger partial charge in [0.2, 0.25) is 0 Å². The van der Waals surface area contributed by atoms with Gasteiger partial charge in [0.05, 0.1) is 12.5 Å². The zero-order chi connectivity index (χ0) is 17.5. The van der Waals surface area contributed by atoms with Crippen molar-refractivity contribution in [3.05, 3.63) is 71.0 Å². The van der Waals surface area contributed by atoms with Gasteiger partial charge in [0.1, 0.15) is 12.4 Å². The number of benzene rings is 2. The molecule has 0 bridgehead atoms. The second-order valence-electron chi connectivity index (χ2n) is 5.38. The topological polar surface area (TPSA) is 75.6 Å². The van der Waals surface area contributed by atoms with Crippen LogP contribution in [0.5, 0.6) is 0 Å². The smallest absolute Gasteiger partial charge is 0.407 e. The highest BCUT2D eigenvalue weighted by atomic mass is 19.1. The lowest BCUT2D eigenvalue weighted by molar-refractivity contribution is -0.137. The van der Waals surface area contributed by atoms with Crippen LogP contribution in [0, 0.1) is 12.7 Å².